The number of hydrogen-bond acceptors (Lipinski definition) is 4. The van der Waals surface area contributed by atoms with Gasteiger partial charge in [-0.05, 0) is 0 Å². The maximum Gasteiger partial charge on any atom is 0.161 e. The number of amidine groups is 1. The van der Waals surface area contributed by atoms with Gasteiger partial charge in [-0.15, -0.1) is 0 Å². The molecule has 4 nitrogen and oxygen atoms in total. The first-order chi connectivity index (χ1) is 6.24. The van der Waals surface area contributed by atoms with Gasteiger partial charge in [0.15, 0.2) is 5.17 Å². The van der Waals surface area contributed by atoms with E-state index in [1.54, 1.807) is 22.6 Å². The van der Waals surface area contributed by atoms with Gasteiger partial charge < -0.3 is 5.32 Å². The third-order valence-corrected chi connectivity index (χ3v) is 2.77. The highest BCUT2D eigenvalue weighted by atomic mass is 32.2. The maximum atomic E-state index is 4.35. The predicted octanol–water partition coefficient (Wildman–Crippen LogP) is 1.32. The molecule has 0 bridgehead atoms. The summed E-state index contributed by atoms with van der Waals surface area (Å²) in [6.07, 6.45) is 3.73. The second kappa shape index (κ2) is 3.41. The molecule has 0 aromatic carbocycles. The lowest BCUT2D eigenvalue weighted by atomic mass is 10.5. The van der Waals surface area contributed by atoms with Gasteiger partial charge in [0.1, 0.15) is 0 Å². The molecule has 1 aromatic rings. The molecule has 0 aliphatic carbocycles. The predicted molar refractivity (Wildman–Crippen MR) is 56.2 cm³/mol. The first kappa shape index (κ1) is 8.62. The van der Waals surface area contributed by atoms with Crippen molar-refractivity contribution < 1.29 is 0 Å². The summed E-state index contributed by atoms with van der Waals surface area (Å²) < 4.78 is 1.77. The Morgan fingerprint density at radius 3 is 3.08 bits per heavy atom. The normalized spacial score (nSPS) is 21.7. The van der Waals surface area contributed by atoms with Crippen molar-refractivity contribution in [3.05, 3.63) is 12.4 Å². The summed E-state index contributed by atoms with van der Waals surface area (Å²) in [6.45, 7) is 3.08. The molecular weight excluding hydrogens is 184 g/mol. The van der Waals surface area contributed by atoms with Gasteiger partial charge in [-0.25, -0.2) is 0 Å². The fourth-order valence-electron chi connectivity index (χ4n) is 1.15. The molecule has 0 saturated heterocycles. The molecule has 1 atom stereocenters. The fraction of sp³-hybridized carbons (Fsp3) is 0.500. The van der Waals surface area contributed by atoms with Crippen LogP contribution in [-0.2, 0) is 7.05 Å². The molecule has 0 spiro atoms. The van der Waals surface area contributed by atoms with E-state index in [-0.39, 0.29) is 0 Å². The van der Waals surface area contributed by atoms with Gasteiger partial charge in [0.05, 0.1) is 18.4 Å². The van der Waals surface area contributed by atoms with Crippen molar-refractivity contribution in [1.29, 1.82) is 0 Å². The highest BCUT2D eigenvalue weighted by molar-refractivity contribution is 8.15. The molecule has 1 unspecified atom stereocenters. The molecule has 1 aromatic heterocycles. The minimum atomic E-state index is 0.596. The Kier molecular flexibility index (Phi) is 2.26. The van der Waals surface area contributed by atoms with Crippen LogP contribution in [0.2, 0.25) is 0 Å². The Bertz CT molecular complexity index is 331. The summed E-state index contributed by atoms with van der Waals surface area (Å²) in [6, 6.07) is 0. The van der Waals surface area contributed by atoms with Crippen LogP contribution in [0.4, 0.5) is 5.69 Å². The van der Waals surface area contributed by atoms with Crippen molar-refractivity contribution in [1.82, 2.24) is 9.78 Å². The van der Waals surface area contributed by atoms with E-state index in [1.165, 1.54) is 0 Å². The van der Waals surface area contributed by atoms with Gasteiger partial charge in [-0.3, -0.25) is 9.67 Å². The van der Waals surface area contributed by atoms with Crippen LogP contribution in [0.1, 0.15) is 6.92 Å². The molecule has 2 heterocycles. The third kappa shape index (κ3) is 2.03. The van der Waals surface area contributed by atoms with Crippen LogP contribution in [0, 0.1) is 0 Å². The smallest absolute Gasteiger partial charge is 0.161 e. The van der Waals surface area contributed by atoms with Gasteiger partial charge in [-0.2, -0.15) is 5.10 Å². The Hall–Kier alpha value is -0.970. The monoisotopic (exact) mass is 196 g/mol. The van der Waals surface area contributed by atoms with Crippen LogP contribution >= 0.6 is 11.8 Å². The highest BCUT2D eigenvalue weighted by Crippen LogP contribution is 2.21. The van der Waals surface area contributed by atoms with Crippen LogP contribution in [-0.4, -0.2) is 26.7 Å². The summed E-state index contributed by atoms with van der Waals surface area (Å²) in [5.74, 6) is 0. The molecule has 1 aliphatic rings. The van der Waals surface area contributed by atoms with Crippen LogP contribution < -0.4 is 5.32 Å². The van der Waals surface area contributed by atoms with Crippen molar-refractivity contribution in [3.8, 4) is 0 Å². The van der Waals surface area contributed by atoms with Gasteiger partial charge >= 0.3 is 0 Å². The molecule has 1 N–H and O–H groups in total. The second-order valence-electron chi connectivity index (χ2n) is 3.10. The van der Waals surface area contributed by atoms with Crippen molar-refractivity contribution in [3.63, 3.8) is 0 Å². The SMILES string of the molecule is CC1CN=C(Nc2cnn(C)c2)S1. The minimum Gasteiger partial charge on any atom is -0.332 e. The quantitative estimate of drug-likeness (QED) is 0.736. The second-order valence-corrected chi connectivity index (χ2v) is 4.53. The van der Waals surface area contributed by atoms with E-state index in [2.05, 4.69) is 22.3 Å². The number of thioether (sulfide) groups is 1. The number of aliphatic imine (C=N–C) groups is 1. The molecule has 0 saturated carbocycles. The summed E-state index contributed by atoms with van der Waals surface area (Å²) in [4.78, 5) is 4.35. The third-order valence-electron chi connectivity index (χ3n) is 1.76. The first-order valence-electron chi connectivity index (χ1n) is 4.21. The van der Waals surface area contributed by atoms with Crippen LogP contribution in [0.3, 0.4) is 0 Å². The number of aryl methyl sites for hydroxylation is 1. The van der Waals surface area contributed by atoms with Gasteiger partial charge in [0.2, 0.25) is 0 Å². The van der Waals surface area contributed by atoms with E-state index >= 15 is 0 Å². The first-order valence-corrected chi connectivity index (χ1v) is 5.09. The van der Waals surface area contributed by atoms with E-state index < -0.39 is 0 Å². The van der Waals surface area contributed by atoms with Crippen molar-refractivity contribution in [2.75, 3.05) is 11.9 Å². The molecule has 13 heavy (non-hydrogen) atoms. The maximum absolute atomic E-state index is 4.35. The summed E-state index contributed by atoms with van der Waals surface area (Å²) in [7, 11) is 1.90. The topological polar surface area (TPSA) is 42.2 Å². The van der Waals surface area contributed by atoms with E-state index in [1.807, 2.05) is 13.2 Å². The molecule has 0 radical (unpaired) electrons. The summed E-state index contributed by atoms with van der Waals surface area (Å²) in [5, 5.41) is 8.89. The molecule has 0 fully saturated rings. The lowest BCUT2D eigenvalue weighted by Gasteiger charge is -2.01. The van der Waals surface area contributed by atoms with Crippen molar-refractivity contribution >= 4 is 22.6 Å². The highest BCUT2D eigenvalue weighted by Gasteiger charge is 2.14. The van der Waals surface area contributed by atoms with Crippen LogP contribution in [0.25, 0.3) is 0 Å². The van der Waals surface area contributed by atoms with E-state index in [9.17, 15) is 0 Å². The zero-order chi connectivity index (χ0) is 9.26. The zero-order valence-electron chi connectivity index (χ0n) is 7.69. The minimum absolute atomic E-state index is 0.596. The number of nitrogens with one attached hydrogen (secondary N) is 1. The number of aromatic nitrogens is 2. The molecule has 2 rings (SSSR count). The van der Waals surface area contributed by atoms with Gasteiger partial charge in [-0.1, -0.05) is 18.7 Å². The van der Waals surface area contributed by atoms with Crippen molar-refractivity contribution in [2.45, 2.75) is 12.2 Å². The molecule has 0 amide bonds. The number of rotatable bonds is 1. The number of anilines is 1. The summed E-state index contributed by atoms with van der Waals surface area (Å²) in [5.41, 5.74) is 1.00. The van der Waals surface area contributed by atoms with Crippen molar-refractivity contribution in [2.24, 2.45) is 12.0 Å². The van der Waals surface area contributed by atoms with E-state index in [4.69, 9.17) is 0 Å². The Morgan fingerprint density at radius 2 is 2.54 bits per heavy atom. The summed E-state index contributed by atoms with van der Waals surface area (Å²) >= 11 is 1.77. The van der Waals surface area contributed by atoms with Crippen LogP contribution in [0.5, 0.6) is 0 Å². The zero-order valence-corrected chi connectivity index (χ0v) is 8.51. The largest absolute Gasteiger partial charge is 0.332 e. The number of hydrogen-bond donors (Lipinski definition) is 1. The lowest BCUT2D eigenvalue weighted by Crippen LogP contribution is -2.04. The van der Waals surface area contributed by atoms with E-state index in [0.29, 0.717) is 5.25 Å². The molecular formula is C8H12N4S. The number of nitrogens with zero attached hydrogens (tertiary/aromatic N) is 3. The fourth-order valence-corrected chi connectivity index (χ4v) is 2.01. The van der Waals surface area contributed by atoms with E-state index in [0.717, 1.165) is 17.4 Å². The lowest BCUT2D eigenvalue weighted by molar-refractivity contribution is 0.768. The standard InChI is InChI=1S/C8H12N4S/c1-6-3-9-8(13-6)11-7-4-10-12(2)5-7/h4-6H,3H2,1-2H3,(H,9,11). The molecule has 70 valence electrons. The Morgan fingerprint density at radius 1 is 1.69 bits per heavy atom. The Labute approximate surface area is 81.4 Å². The molecule has 5 heteroatoms. The van der Waals surface area contributed by atoms with Gasteiger partial charge in [0, 0.05) is 18.5 Å². The van der Waals surface area contributed by atoms with Crippen LogP contribution in [0.15, 0.2) is 17.4 Å². The Balaban J connectivity index is 1.99. The van der Waals surface area contributed by atoms with Gasteiger partial charge in [0.25, 0.3) is 0 Å². The molecule has 1 aliphatic heterocycles. The average Bonchev–Trinajstić information content (AvgIpc) is 2.62. The average molecular weight is 196 g/mol.